The predicted molar refractivity (Wildman–Crippen MR) is 104 cm³/mol. The highest BCUT2D eigenvalue weighted by Gasteiger charge is 2.44. The van der Waals surface area contributed by atoms with E-state index in [0.29, 0.717) is 16.7 Å². The second-order valence-corrected chi connectivity index (χ2v) is 7.60. The summed E-state index contributed by atoms with van der Waals surface area (Å²) in [7, 11) is 1.92. The summed E-state index contributed by atoms with van der Waals surface area (Å²) in [4.78, 5) is 12.7. The molecule has 6 heteroatoms. The Labute approximate surface area is 161 Å². The third-order valence-corrected chi connectivity index (χ3v) is 5.61. The Kier molecular flexibility index (Phi) is 3.75. The van der Waals surface area contributed by atoms with Gasteiger partial charge in [-0.2, -0.15) is 5.10 Å². The Balaban J connectivity index is 1.29. The SMILES string of the molecule is C[C@@H](NC(=O)C1CC1c1ccc2cnn(C)c2c1)c1cc2cc(F)ccc2o1. The molecule has 4 aromatic rings. The topological polar surface area (TPSA) is 60.1 Å². The molecular weight excluding hydrogens is 357 g/mol. The predicted octanol–water partition coefficient (Wildman–Crippen LogP) is 4.44. The van der Waals surface area contributed by atoms with E-state index in [1.165, 1.54) is 17.7 Å². The lowest BCUT2D eigenvalue weighted by Gasteiger charge is -2.11. The first-order valence-corrected chi connectivity index (χ1v) is 9.40. The van der Waals surface area contributed by atoms with Crippen LogP contribution in [0.5, 0.6) is 0 Å². The van der Waals surface area contributed by atoms with E-state index < -0.39 is 0 Å². The Bertz CT molecular complexity index is 1210. The van der Waals surface area contributed by atoms with Gasteiger partial charge in [0.15, 0.2) is 0 Å². The summed E-state index contributed by atoms with van der Waals surface area (Å²) < 4.78 is 21.0. The van der Waals surface area contributed by atoms with E-state index in [1.807, 2.05) is 24.9 Å². The summed E-state index contributed by atoms with van der Waals surface area (Å²) in [6.07, 6.45) is 2.68. The fourth-order valence-corrected chi connectivity index (χ4v) is 3.88. The zero-order valence-electron chi connectivity index (χ0n) is 15.6. The fourth-order valence-electron chi connectivity index (χ4n) is 3.88. The molecule has 2 unspecified atom stereocenters. The van der Waals surface area contributed by atoms with Crippen LogP contribution in [0.15, 0.2) is 53.1 Å². The standard InChI is InChI=1S/C22H20FN3O2/c1-12(21-9-15-7-16(23)5-6-20(15)28-21)25-22(27)18-10-17(18)13-3-4-14-11-24-26(2)19(14)8-13/h3-9,11-12,17-18H,10H2,1-2H3,(H,25,27)/t12-,17?,18?/m1/s1. The van der Waals surface area contributed by atoms with Crippen LogP contribution in [0.2, 0.25) is 0 Å². The van der Waals surface area contributed by atoms with Crippen LogP contribution in [0.25, 0.3) is 21.9 Å². The zero-order valence-corrected chi connectivity index (χ0v) is 15.6. The van der Waals surface area contributed by atoms with Gasteiger partial charge in [-0.05, 0) is 55.2 Å². The molecule has 5 rings (SSSR count). The minimum absolute atomic E-state index is 0.0224. The first-order chi connectivity index (χ1) is 13.5. The van der Waals surface area contributed by atoms with Gasteiger partial charge in [-0.15, -0.1) is 0 Å². The van der Waals surface area contributed by atoms with Crippen LogP contribution < -0.4 is 5.32 Å². The number of hydrogen-bond acceptors (Lipinski definition) is 3. The molecule has 0 aliphatic heterocycles. The van der Waals surface area contributed by atoms with Gasteiger partial charge in [-0.3, -0.25) is 9.48 Å². The number of nitrogens with one attached hydrogen (secondary N) is 1. The maximum atomic E-state index is 13.4. The van der Waals surface area contributed by atoms with Crippen LogP contribution in [0.3, 0.4) is 0 Å². The van der Waals surface area contributed by atoms with Crippen molar-refractivity contribution in [3.05, 3.63) is 65.8 Å². The maximum absolute atomic E-state index is 13.4. The Hall–Kier alpha value is -3.15. The van der Waals surface area contributed by atoms with Crippen LogP contribution in [-0.2, 0) is 11.8 Å². The molecular formula is C22H20FN3O2. The molecule has 2 aromatic carbocycles. The van der Waals surface area contributed by atoms with Gasteiger partial charge in [-0.25, -0.2) is 4.39 Å². The van der Waals surface area contributed by atoms with Gasteiger partial charge in [0.05, 0.1) is 17.8 Å². The molecule has 5 nitrogen and oxygen atoms in total. The number of aryl methyl sites for hydroxylation is 1. The van der Waals surface area contributed by atoms with Crippen molar-refractivity contribution < 1.29 is 13.6 Å². The van der Waals surface area contributed by atoms with E-state index in [0.717, 1.165) is 17.3 Å². The molecule has 1 fully saturated rings. The molecule has 0 spiro atoms. The maximum Gasteiger partial charge on any atom is 0.224 e. The first-order valence-electron chi connectivity index (χ1n) is 9.40. The van der Waals surface area contributed by atoms with Crippen LogP contribution in [0.1, 0.15) is 36.6 Å². The molecule has 1 N–H and O–H groups in total. The zero-order chi connectivity index (χ0) is 19.4. The van der Waals surface area contributed by atoms with E-state index in [4.69, 9.17) is 4.42 Å². The van der Waals surface area contributed by atoms with Crippen molar-refractivity contribution in [1.29, 1.82) is 0 Å². The molecule has 28 heavy (non-hydrogen) atoms. The van der Waals surface area contributed by atoms with E-state index >= 15 is 0 Å². The smallest absolute Gasteiger partial charge is 0.224 e. The van der Waals surface area contributed by atoms with Crippen LogP contribution in [0, 0.1) is 11.7 Å². The fraction of sp³-hybridized carbons (Fsp3) is 0.273. The summed E-state index contributed by atoms with van der Waals surface area (Å²) in [5.41, 5.74) is 2.86. The Morgan fingerprint density at radius 2 is 2.11 bits per heavy atom. The number of amides is 1. The highest BCUT2D eigenvalue weighted by molar-refractivity contribution is 5.85. The van der Waals surface area contributed by atoms with Crippen molar-refractivity contribution in [1.82, 2.24) is 15.1 Å². The lowest BCUT2D eigenvalue weighted by molar-refractivity contribution is -0.123. The number of hydrogen-bond donors (Lipinski definition) is 1. The second-order valence-electron chi connectivity index (χ2n) is 7.60. The van der Waals surface area contributed by atoms with Crippen molar-refractivity contribution in [2.75, 3.05) is 0 Å². The van der Waals surface area contributed by atoms with E-state index in [1.54, 1.807) is 12.1 Å². The van der Waals surface area contributed by atoms with Gasteiger partial charge in [0.25, 0.3) is 0 Å². The number of rotatable bonds is 4. The molecule has 0 bridgehead atoms. The second kappa shape index (κ2) is 6.19. The summed E-state index contributed by atoms with van der Waals surface area (Å²) in [6, 6.07) is 12.2. The van der Waals surface area contributed by atoms with Gasteiger partial charge >= 0.3 is 0 Å². The molecule has 1 saturated carbocycles. The number of nitrogens with zero attached hydrogens (tertiary/aromatic N) is 2. The first kappa shape index (κ1) is 17.0. The molecule has 2 aromatic heterocycles. The number of benzene rings is 2. The summed E-state index contributed by atoms with van der Waals surface area (Å²) in [6.45, 7) is 1.88. The summed E-state index contributed by atoms with van der Waals surface area (Å²) >= 11 is 0. The number of fused-ring (bicyclic) bond motifs is 2. The normalized spacial score (nSPS) is 19.8. The van der Waals surface area contributed by atoms with Crippen molar-refractivity contribution in [2.45, 2.75) is 25.3 Å². The van der Waals surface area contributed by atoms with Gasteiger partial charge in [-0.1, -0.05) is 12.1 Å². The highest BCUT2D eigenvalue weighted by Crippen LogP contribution is 2.48. The number of aromatic nitrogens is 2. The monoisotopic (exact) mass is 377 g/mol. The van der Waals surface area contributed by atoms with Crippen molar-refractivity contribution in [3.8, 4) is 0 Å². The molecule has 1 aliphatic carbocycles. The minimum atomic E-state index is -0.303. The lowest BCUT2D eigenvalue weighted by Crippen LogP contribution is -2.28. The lowest BCUT2D eigenvalue weighted by atomic mass is 10.1. The molecule has 142 valence electrons. The van der Waals surface area contributed by atoms with Crippen LogP contribution in [0.4, 0.5) is 4.39 Å². The van der Waals surface area contributed by atoms with Crippen molar-refractivity contribution in [3.63, 3.8) is 0 Å². The van der Waals surface area contributed by atoms with E-state index in [9.17, 15) is 9.18 Å². The van der Waals surface area contributed by atoms with Gasteiger partial charge < -0.3 is 9.73 Å². The number of furan rings is 1. The van der Waals surface area contributed by atoms with Crippen LogP contribution in [-0.4, -0.2) is 15.7 Å². The molecule has 1 amide bonds. The highest BCUT2D eigenvalue weighted by atomic mass is 19.1. The number of halogens is 1. The summed E-state index contributed by atoms with van der Waals surface area (Å²) in [5.74, 6) is 0.547. The number of carbonyl (C=O) groups is 1. The number of carbonyl (C=O) groups excluding carboxylic acids is 1. The Morgan fingerprint density at radius 3 is 2.96 bits per heavy atom. The molecule has 2 heterocycles. The van der Waals surface area contributed by atoms with E-state index in [-0.39, 0.29) is 29.6 Å². The third kappa shape index (κ3) is 2.85. The average Bonchev–Trinajstić information content (AvgIpc) is 3.25. The van der Waals surface area contributed by atoms with E-state index in [2.05, 4.69) is 28.6 Å². The largest absolute Gasteiger partial charge is 0.459 e. The minimum Gasteiger partial charge on any atom is -0.459 e. The molecule has 3 atom stereocenters. The third-order valence-electron chi connectivity index (χ3n) is 5.61. The average molecular weight is 377 g/mol. The molecule has 0 saturated heterocycles. The van der Waals surface area contributed by atoms with Gasteiger partial charge in [0.2, 0.25) is 5.91 Å². The van der Waals surface area contributed by atoms with Crippen molar-refractivity contribution in [2.24, 2.45) is 13.0 Å². The molecule has 0 radical (unpaired) electrons. The van der Waals surface area contributed by atoms with Crippen molar-refractivity contribution >= 4 is 27.8 Å². The van der Waals surface area contributed by atoms with Gasteiger partial charge in [0, 0.05) is 23.7 Å². The Morgan fingerprint density at radius 1 is 1.25 bits per heavy atom. The summed E-state index contributed by atoms with van der Waals surface area (Å²) in [5, 5.41) is 9.10. The quantitative estimate of drug-likeness (QED) is 0.572. The van der Waals surface area contributed by atoms with Crippen LogP contribution >= 0.6 is 0 Å². The van der Waals surface area contributed by atoms with Gasteiger partial charge in [0.1, 0.15) is 17.2 Å². The molecule has 1 aliphatic rings.